The molecule has 0 spiro atoms. The van der Waals surface area contributed by atoms with Gasteiger partial charge in [-0.1, -0.05) is 15.9 Å². The van der Waals surface area contributed by atoms with Crippen LogP contribution < -0.4 is 0 Å². The number of hydrogen-bond donors (Lipinski definition) is 0. The quantitative estimate of drug-likeness (QED) is 0.529. The lowest BCUT2D eigenvalue weighted by molar-refractivity contribution is -0.0792. The fourth-order valence-electron chi connectivity index (χ4n) is 0.698. The van der Waals surface area contributed by atoms with Gasteiger partial charge in [0.1, 0.15) is 0 Å². The summed E-state index contributed by atoms with van der Waals surface area (Å²) in [4.78, 5) is 0. The molecule has 8 heteroatoms. The van der Waals surface area contributed by atoms with Gasteiger partial charge in [-0.25, -0.2) is 0 Å². The Morgan fingerprint density at radius 3 is 2.42 bits per heavy atom. The molecule has 0 aromatic heterocycles. The molecule has 1 heterocycles. The summed E-state index contributed by atoms with van der Waals surface area (Å²) in [5, 5.41) is -0.611. The lowest BCUT2D eigenvalue weighted by atomic mass is 10.6. The van der Waals surface area contributed by atoms with Gasteiger partial charge in [-0.15, -0.1) is 0 Å². The zero-order chi connectivity index (χ0) is 9.41. The van der Waals surface area contributed by atoms with E-state index in [4.69, 9.17) is 32.0 Å². The van der Waals surface area contributed by atoms with Crippen LogP contribution in [-0.2, 0) is 14.0 Å². The third kappa shape index (κ3) is 2.19. The first kappa shape index (κ1) is 11.8. The van der Waals surface area contributed by atoms with Crippen molar-refractivity contribution in [1.82, 2.24) is 0 Å². The summed E-state index contributed by atoms with van der Waals surface area (Å²) in [6, 6.07) is 0. The summed E-state index contributed by atoms with van der Waals surface area (Å²) < 4.78 is 20.3. The van der Waals surface area contributed by atoms with E-state index < -0.39 is 15.1 Å². The second-order valence-corrected chi connectivity index (χ2v) is 9.69. The van der Waals surface area contributed by atoms with Crippen LogP contribution in [0.25, 0.3) is 0 Å². The Hall–Kier alpha value is 1.69. The van der Waals surface area contributed by atoms with Crippen molar-refractivity contribution in [2.24, 2.45) is 0 Å². The SMILES string of the molecule is O=P(Cl)(Cl)C1(Br)OCCOC1Br. The Balaban J connectivity index is 2.87. The molecular formula is C4H5Br2Cl2O3P. The fourth-order valence-corrected chi connectivity index (χ4v) is 4.26. The molecule has 2 atom stereocenters. The maximum Gasteiger partial charge on any atom is 0.298 e. The number of hydrogen-bond acceptors (Lipinski definition) is 3. The van der Waals surface area contributed by atoms with Gasteiger partial charge in [-0.05, 0) is 38.4 Å². The molecule has 0 amide bonds. The number of rotatable bonds is 1. The lowest BCUT2D eigenvalue weighted by Gasteiger charge is -2.36. The minimum Gasteiger partial charge on any atom is -0.360 e. The van der Waals surface area contributed by atoms with Gasteiger partial charge in [-0.3, -0.25) is 4.57 Å². The summed E-state index contributed by atoms with van der Waals surface area (Å²) in [7, 11) is 0. The molecule has 1 rings (SSSR count). The maximum atomic E-state index is 11.4. The van der Waals surface area contributed by atoms with E-state index in [1.165, 1.54) is 0 Å². The highest BCUT2D eigenvalue weighted by Crippen LogP contribution is 2.72. The molecule has 1 fully saturated rings. The van der Waals surface area contributed by atoms with Gasteiger partial charge in [0.25, 0.3) is 5.85 Å². The van der Waals surface area contributed by atoms with E-state index in [1.54, 1.807) is 0 Å². The van der Waals surface area contributed by atoms with E-state index in [0.717, 1.165) is 0 Å². The predicted octanol–water partition coefficient (Wildman–Crippen LogP) is 3.47. The summed E-state index contributed by atoms with van der Waals surface area (Å²) >= 11 is 17.1. The van der Waals surface area contributed by atoms with Crippen molar-refractivity contribution in [2.75, 3.05) is 13.2 Å². The molecule has 0 saturated carbocycles. The smallest absolute Gasteiger partial charge is 0.298 e. The molecule has 72 valence electrons. The maximum absolute atomic E-state index is 11.4. The Labute approximate surface area is 96.3 Å². The molecule has 1 aliphatic rings. The molecule has 0 aromatic rings. The van der Waals surface area contributed by atoms with Crippen molar-refractivity contribution in [1.29, 1.82) is 0 Å². The number of ether oxygens (including phenoxy) is 2. The highest BCUT2D eigenvalue weighted by Gasteiger charge is 2.53. The van der Waals surface area contributed by atoms with Crippen LogP contribution in [0.1, 0.15) is 0 Å². The van der Waals surface area contributed by atoms with Crippen molar-refractivity contribution >= 4 is 60.2 Å². The van der Waals surface area contributed by atoms with Crippen LogP contribution in [0.2, 0.25) is 0 Å². The van der Waals surface area contributed by atoms with Gasteiger partial charge in [0.05, 0.1) is 13.2 Å². The second kappa shape index (κ2) is 4.05. The van der Waals surface area contributed by atoms with Crippen molar-refractivity contribution in [3.63, 3.8) is 0 Å². The molecule has 0 aromatic carbocycles. The highest BCUT2D eigenvalue weighted by atomic mass is 79.9. The van der Waals surface area contributed by atoms with E-state index in [1.807, 2.05) is 0 Å². The first-order valence-electron chi connectivity index (χ1n) is 2.96. The first-order valence-corrected chi connectivity index (χ1v) is 8.18. The van der Waals surface area contributed by atoms with Crippen LogP contribution in [0, 0.1) is 0 Å². The average Bonchev–Trinajstić information content (AvgIpc) is 1.93. The monoisotopic (exact) mass is 360 g/mol. The van der Waals surface area contributed by atoms with Crippen LogP contribution in [0.15, 0.2) is 0 Å². The molecule has 12 heavy (non-hydrogen) atoms. The van der Waals surface area contributed by atoms with Crippen LogP contribution in [-0.4, -0.2) is 22.5 Å². The van der Waals surface area contributed by atoms with E-state index in [-0.39, 0.29) is 0 Å². The third-order valence-corrected chi connectivity index (χ3v) is 9.11. The van der Waals surface area contributed by atoms with Crippen molar-refractivity contribution in [2.45, 2.75) is 9.26 Å². The Kier molecular flexibility index (Phi) is 3.97. The zero-order valence-corrected chi connectivity index (χ0v) is 11.3. The minimum absolute atomic E-state index is 0.302. The lowest BCUT2D eigenvalue weighted by Crippen LogP contribution is -2.40. The number of alkyl halides is 2. The van der Waals surface area contributed by atoms with Crippen LogP contribution >= 0.6 is 60.2 Å². The van der Waals surface area contributed by atoms with E-state index in [0.29, 0.717) is 13.2 Å². The van der Waals surface area contributed by atoms with Crippen molar-refractivity contribution in [3.05, 3.63) is 0 Å². The highest BCUT2D eigenvalue weighted by molar-refractivity contribution is 9.13. The summed E-state index contributed by atoms with van der Waals surface area (Å²) in [5.74, 6) is -3.44. The third-order valence-electron chi connectivity index (χ3n) is 1.29. The first-order chi connectivity index (χ1) is 5.38. The molecule has 1 aliphatic heterocycles. The summed E-state index contributed by atoms with van der Waals surface area (Å²) in [6.45, 7) is 0.716. The van der Waals surface area contributed by atoms with Gasteiger partial charge >= 0.3 is 0 Å². The minimum atomic E-state index is -3.44. The molecule has 2 unspecified atom stereocenters. The van der Waals surface area contributed by atoms with Crippen LogP contribution in [0.5, 0.6) is 0 Å². The van der Waals surface area contributed by atoms with Gasteiger partial charge in [0.15, 0.2) is 5.01 Å². The summed E-state index contributed by atoms with van der Waals surface area (Å²) in [5.41, 5.74) is 0. The predicted molar refractivity (Wildman–Crippen MR) is 55.6 cm³/mol. The van der Waals surface area contributed by atoms with Crippen molar-refractivity contribution in [3.8, 4) is 0 Å². The van der Waals surface area contributed by atoms with Crippen LogP contribution in [0.3, 0.4) is 0 Å². The van der Waals surface area contributed by atoms with Gasteiger partial charge in [0, 0.05) is 0 Å². The largest absolute Gasteiger partial charge is 0.360 e. The van der Waals surface area contributed by atoms with E-state index in [9.17, 15) is 4.57 Å². The van der Waals surface area contributed by atoms with E-state index in [2.05, 4.69) is 31.9 Å². The normalized spacial score (nSPS) is 38.2. The van der Waals surface area contributed by atoms with E-state index >= 15 is 0 Å². The second-order valence-electron chi connectivity index (χ2n) is 2.11. The van der Waals surface area contributed by atoms with Gasteiger partial charge in [0.2, 0.25) is 4.25 Å². The molecule has 3 nitrogen and oxygen atoms in total. The number of halogens is 4. The molecule has 0 radical (unpaired) electrons. The Bertz CT molecular complexity index is 222. The molecule has 1 saturated heterocycles. The average molecular weight is 363 g/mol. The Morgan fingerprint density at radius 1 is 1.50 bits per heavy atom. The van der Waals surface area contributed by atoms with Crippen molar-refractivity contribution < 1.29 is 14.0 Å². The molecule has 0 bridgehead atoms. The topological polar surface area (TPSA) is 35.5 Å². The van der Waals surface area contributed by atoms with Gasteiger partial charge < -0.3 is 9.47 Å². The molecule has 0 N–H and O–H groups in total. The molecule has 0 aliphatic carbocycles. The fraction of sp³-hybridized carbons (Fsp3) is 1.00. The molecular weight excluding hydrogens is 358 g/mol. The zero-order valence-electron chi connectivity index (χ0n) is 5.68. The Morgan fingerprint density at radius 2 is 2.08 bits per heavy atom. The van der Waals surface area contributed by atoms with Gasteiger partial charge in [-0.2, -0.15) is 0 Å². The summed E-state index contributed by atoms with van der Waals surface area (Å²) in [6.07, 6.45) is 0. The standard InChI is InChI=1S/C4H5Br2Cl2O3P/c5-3-4(6,12(7,8)9)11-2-1-10-3/h3H,1-2H2. The van der Waals surface area contributed by atoms with Crippen LogP contribution in [0.4, 0.5) is 0 Å².